The third-order valence-corrected chi connectivity index (χ3v) is 5.16. The van der Waals surface area contributed by atoms with Crippen LogP contribution in [-0.4, -0.2) is 25.8 Å². The molecular weight excluding hydrogens is 388 g/mol. The Bertz CT molecular complexity index is 1250. The van der Waals surface area contributed by atoms with E-state index in [1.807, 2.05) is 66.7 Å². The number of H-pyrrole nitrogens is 1. The van der Waals surface area contributed by atoms with E-state index in [-0.39, 0.29) is 11.7 Å². The van der Waals surface area contributed by atoms with Crippen LogP contribution in [-0.2, 0) is 6.54 Å². The molecule has 5 rings (SSSR count). The van der Waals surface area contributed by atoms with E-state index < -0.39 is 6.04 Å². The number of aromatic nitrogens is 3. The lowest BCUT2D eigenvalue weighted by atomic mass is 10.0. The van der Waals surface area contributed by atoms with Gasteiger partial charge in [-0.1, -0.05) is 48.5 Å². The molecule has 152 valence electrons. The molecule has 3 heterocycles. The van der Waals surface area contributed by atoms with Crippen molar-refractivity contribution in [3.63, 3.8) is 0 Å². The number of carbonyl (C=O) groups is 1. The number of furan rings is 1. The van der Waals surface area contributed by atoms with E-state index in [9.17, 15) is 4.79 Å². The van der Waals surface area contributed by atoms with E-state index in [0.717, 1.165) is 22.2 Å². The zero-order valence-corrected chi connectivity index (χ0v) is 16.7. The van der Waals surface area contributed by atoms with Crippen LogP contribution in [0.25, 0.3) is 11.0 Å². The van der Waals surface area contributed by atoms with Gasteiger partial charge in [0.1, 0.15) is 11.9 Å². The Morgan fingerprint density at radius 1 is 0.968 bits per heavy atom. The second kappa shape index (κ2) is 8.28. The summed E-state index contributed by atoms with van der Waals surface area (Å²) in [6.07, 6.45) is 4.99. The van der Waals surface area contributed by atoms with Crippen LogP contribution in [0, 0.1) is 0 Å². The number of hydrogen-bond acceptors (Lipinski definition) is 4. The summed E-state index contributed by atoms with van der Waals surface area (Å²) >= 11 is 0. The number of nitrogens with one attached hydrogen (secondary N) is 1. The van der Waals surface area contributed by atoms with Crippen LogP contribution in [0.3, 0.4) is 0 Å². The average molecular weight is 408 g/mol. The molecule has 0 saturated heterocycles. The number of rotatable bonds is 6. The molecule has 1 atom stereocenters. The third-order valence-electron chi connectivity index (χ3n) is 5.16. The predicted molar refractivity (Wildman–Crippen MR) is 117 cm³/mol. The summed E-state index contributed by atoms with van der Waals surface area (Å²) in [4.78, 5) is 27.8. The number of nitrogens with zero attached hydrogens (tertiary/aromatic N) is 3. The summed E-state index contributed by atoms with van der Waals surface area (Å²) in [6.45, 7) is 0.351. The lowest BCUT2D eigenvalue weighted by Crippen LogP contribution is -2.35. The molecule has 6 nitrogen and oxygen atoms in total. The molecule has 2 aromatic carbocycles. The third kappa shape index (κ3) is 3.83. The number of hydrogen-bond donors (Lipinski definition) is 1. The van der Waals surface area contributed by atoms with Crippen molar-refractivity contribution in [2.75, 3.05) is 0 Å². The molecule has 0 radical (unpaired) electrons. The largest absolute Gasteiger partial charge is 0.459 e. The smallest absolute Gasteiger partial charge is 0.290 e. The minimum Gasteiger partial charge on any atom is -0.459 e. The van der Waals surface area contributed by atoms with Gasteiger partial charge in [0.25, 0.3) is 5.91 Å². The van der Waals surface area contributed by atoms with Crippen molar-refractivity contribution in [3.8, 4) is 0 Å². The maximum Gasteiger partial charge on any atom is 0.290 e. The standard InChI is InChI=1S/C25H20N4O2/c30-25(22-13-7-15-31-22)29(17-18-8-6-14-26-16-18)23(19-9-2-1-3-10-19)24-27-20-11-4-5-12-21(20)28-24/h1-16,23H,17H2,(H,27,28). The summed E-state index contributed by atoms with van der Waals surface area (Å²) in [6, 6.07) is 24.5. The van der Waals surface area contributed by atoms with Gasteiger partial charge >= 0.3 is 0 Å². The van der Waals surface area contributed by atoms with Crippen molar-refractivity contribution in [1.82, 2.24) is 19.9 Å². The number of para-hydroxylation sites is 2. The molecule has 0 fully saturated rings. The lowest BCUT2D eigenvalue weighted by molar-refractivity contribution is 0.0651. The summed E-state index contributed by atoms with van der Waals surface area (Å²) in [5, 5.41) is 0. The highest BCUT2D eigenvalue weighted by Crippen LogP contribution is 2.31. The van der Waals surface area contributed by atoms with E-state index in [1.54, 1.807) is 29.4 Å². The zero-order valence-electron chi connectivity index (χ0n) is 16.7. The summed E-state index contributed by atoms with van der Waals surface area (Å²) in [7, 11) is 0. The van der Waals surface area contributed by atoms with Gasteiger partial charge in [0.05, 0.1) is 17.3 Å². The molecule has 3 aromatic heterocycles. The Hall–Kier alpha value is -4.19. The van der Waals surface area contributed by atoms with Gasteiger partial charge in [0.15, 0.2) is 5.76 Å². The van der Waals surface area contributed by atoms with Gasteiger partial charge in [-0.05, 0) is 41.5 Å². The molecule has 1 amide bonds. The number of pyridine rings is 1. The first kappa shape index (κ1) is 18.8. The molecule has 0 aliphatic rings. The van der Waals surface area contributed by atoms with Gasteiger partial charge < -0.3 is 14.3 Å². The number of aromatic amines is 1. The van der Waals surface area contributed by atoms with Gasteiger partial charge in [-0.3, -0.25) is 9.78 Å². The van der Waals surface area contributed by atoms with Crippen molar-refractivity contribution in [3.05, 3.63) is 120 Å². The Morgan fingerprint density at radius 2 is 1.81 bits per heavy atom. The SMILES string of the molecule is O=C(c1ccco1)N(Cc1cccnc1)C(c1ccccc1)c1nc2ccccc2[nH]1. The number of imidazole rings is 1. The molecule has 0 aliphatic heterocycles. The van der Waals surface area contributed by atoms with Crippen LogP contribution >= 0.6 is 0 Å². The predicted octanol–water partition coefficient (Wildman–Crippen LogP) is 4.98. The molecule has 0 saturated carbocycles. The van der Waals surface area contributed by atoms with Crippen LogP contribution in [0.15, 0.2) is 102 Å². The Balaban J connectivity index is 1.66. The van der Waals surface area contributed by atoms with E-state index in [1.165, 1.54) is 6.26 Å². The van der Waals surface area contributed by atoms with Crippen LogP contribution < -0.4 is 0 Å². The molecule has 1 N–H and O–H groups in total. The second-order valence-electron chi connectivity index (χ2n) is 7.22. The molecule has 1 unspecified atom stereocenters. The number of carbonyl (C=O) groups excluding carboxylic acids is 1. The van der Waals surface area contributed by atoms with Crippen molar-refractivity contribution < 1.29 is 9.21 Å². The Morgan fingerprint density at radius 3 is 2.55 bits per heavy atom. The summed E-state index contributed by atoms with van der Waals surface area (Å²) in [5.41, 5.74) is 3.64. The van der Waals surface area contributed by atoms with E-state index in [4.69, 9.17) is 9.40 Å². The second-order valence-corrected chi connectivity index (χ2v) is 7.22. The van der Waals surface area contributed by atoms with Crippen LogP contribution in [0.2, 0.25) is 0 Å². The molecule has 0 aliphatic carbocycles. The first-order valence-corrected chi connectivity index (χ1v) is 10.0. The van der Waals surface area contributed by atoms with E-state index >= 15 is 0 Å². The average Bonchev–Trinajstić information content (AvgIpc) is 3.50. The molecule has 5 aromatic rings. The number of benzene rings is 2. The van der Waals surface area contributed by atoms with E-state index in [0.29, 0.717) is 12.4 Å². The molecule has 0 spiro atoms. The normalized spacial score (nSPS) is 12.0. The Labute approximate surface area is 179 Å². The van der Waals surface area contributed by atoms with Gasteiger partial charge in [-0.15, -0.1) is 0 Å². The number of fused-ring (bicyclic) bond motifs is 1. The number of amides is 1. The Kier molecular flexibility index (Phi) is 5.02. The highest BCUT2D eigenvalue weighted by atomic mass is 16.3. The quantitative estimate of drug-likeness (QED) is 0.430. The van der Waals surface area contributed by atoms with Crippen LogP contribution in [0.4, 0.5) is 0 Å². The fourth-order valence-electron chi connectivity index (χ4n) is 3.73. The van der Waals surface area contributed by atoms with Gasteiger partial charge in [-0.2, -0.15) is 0 Å². The van der Waals surface area contributed by atoms with Gasteiger partial charge in [0.2, 0.25) is 0 Å². The van der Waals surface area contributed by atoms with Crippen LogP contribution in [0.5, 0.6) is 0 Å². The van der Waals surface area contributed by atoms with Crippen molar-refractivity contribution in [1.29, 1.82) is 0 Å². The van der Waals surface area contributed by atoms with Gasteiger partial charge in [0, 0.05) is 18.9 Å². The summed E-state index contributed by atoms with van der Waals surface area (Å²) in [5.74, 6) is 0.750. The highest BCUT2D eigenvalue weighted by molar-refractivity contribution is 5.92. The first-order chi connectivity index (χ1) is 15.3. The van der Waals surface area contributed by atoms with Gasteiger partial charge in [-0.25, -0.2) is 4.98 Å². The lowest BCUT2D eigenvalue weighted by Gasteiger charge is -2.30. The first-order valence-electron chi connectivity index (χ1n) is 10.0. The topological polar surface area (TPSA) is 75.0 Å². The molecule has 6 heteroatoms. The van der Waals surface area contributed by atoms with E-state index in [2.05, 4.69) is 9.97 Å². The fourth-order valence-corrected chi connectivity index (χ4v) is 3.73. The highest BCUT2D eigenvalue weighted by Gasteiger charge is 2.31. The van der Waals surface area contributed by atoms with Crippen molar-refractivity contribution in [2.45, 2.75) is 12.6 Å². The zero-order chi connectivity index (χ0) is 21.0. The van der Waals surface area contributed by atoms with Crippen LogP contribution in [0.1, 0.15) is 33.5 Å². The van der Waals surface area contributed by atoms with Crippen molar-refractivity contribution >= 4 is 16.9 Å². The molecule has 0 bridgehead atoms. The minimum atomic E-state index is -0.439. The monoisotopic (exact) mass is 408 g/mol. The molecule has 31 heavy (non-hydrogen) atoms. The maximum atomic E-state index is 13.6. The minimum absolute atomic E-state index is 0.219. The van der Waals surface area contributed by atoms with Crippen molar-refractivity contribution in [2.24, 2.45) is 0 Å². The molecular formula is C25H20N4O2. The maximum absolute atomic E-state index is 13.6. The summed E-state index contributed by atoms with van der Waals surface area (Å²) < 4.78 is 5.46. The fraction of sp³-hybridized carbons (Fsp3) is 0.0800.